The van der Waals surface area contributed by atoms with Gasteiger partial charge in [0.05, 0.1) is 0 Å². The number of hydrogen-bond donors (Lipinski definition) is 1. The number of rotatable bonds is 11. The van der Waals surface area contributed by atoms with Gasteiger partial charge in [0.25, 0.3) is 0 Å². The second-order valence-corrected chi connectivity index (χ2v) is 5.42. The third-order valence-corrected chi connectivity index (χ3v) is 3.45. The van der Waals surface area contributed by atoms with Gasteiger partial charge in [0.15, 0.2) is 0 Å². The van der Waals surface area contributed by atoms with Crippen LogP contribution in [0, 0.1) is 5.92 Å². The van der Waals surface area contributed by atoms with Crippen molar-refractivity contribution in [2.24, 2.45) is 11.7 Å². The van der Waals surface area contributed by atoms with E-state index in [0.717, 1.165) is 19.3 Å². The van der Waals surface area contributed by atoms with Crippen LogP contribution in [-0.4, -0.2) is 31.4 Å². The normalized spacial score (nSPS) is 12.4. The summed E-state index contributed by atoms with van der Waals surface area (Å²) in [7, 11) is 3.69. The molecule has 18 heavy (non-hydrogen) atoms. The molecule has 0 aliphatic heterocycles. The molecule has 2 N–H and O–H groups in total. The fraction of sp³-hybridized carbons (Fsp3) is 0.933. The van der Waals surface area contributed by atoms with Crippen molar-refractivity contribution in [3.8, 4) is 0 Å². The van der Waals surface area contributed by atoms with Crippen molar-refractivity contribution in [3.05, 3.63) is 0 Å². The fourth-order valence-corrected chi connectivity index (χ4v) is 2.29. The lowest BCUT2D eigenvalue weighted by Gasteiger charge is -2.20. The molecule has 1 amide bonds. The van der Waals surface area contributed by atoms with Crippen molar-refractivity contribution in [2.45, 2.75) is 64.7 Å². The van der Waals surface area contributed by atoms with E-state index in [-0.39, 0.29) is 11.8 Å². The number of unbranched alkanes of at least 4 members (excludes halogenated alkanes) is 5. The first-order chi connectivity index (χ1) is 8.63. The zero-order valence-electron chi connectivity index (χ0n) is 12.6. The molecule has 0 rings (SSSR count). The second-order valence-electron chi connectivity index (χ2n) is 5.42. The maximum atomic E-state index is 12.0. The zero-order valence-corrected chi connectivity index (χ0v) is 12.6. The van der Waals surface area contributed by atoms with Crippen LogP contribution in [-0.2, 0) is 4.79 Å². The minimum atomic E-state index is 0.190. The molecule has 0 aromatic heterocycles. The highest BCUT2D eigenvalue weighted by atomic mass is 16.2. The summed E-state index contributed by atoms with van der Waals surface area (Å²) in [5, 5.41) is 0. The molecule has 0 saturated carbocycles. The summed E-state index contributed by atoms with van der Waals surface area (Å²) in [4.78, 5) is 13.7. The number of hydrogen-bond acceptors (Lipinski definition) is 2. The van der Waals surface area contributed by atoms with E-state index in [4.69, 9.17) is 5.73 Å². The minimum Gasteiger partial charge on any atom is -0.349 e. The number of nitrogens with zero attached hydrogens (tertiary/aromatic N) is 1. The molecule has 1 unspecified atom stereocenters. The van der Waals surface area contributed by atoms with Crippen LogP contribution in [0.3, 0.4) is 0 Å². The molecule has 3 nitrogen and oxygen atoms in total. The molecular weight excluding hydrogens is 224 g/mol. The van der Waals surface area contributed by atoms with Crippen LogP contribution >= 0.6 is 0 Å². The Bertz CT molecular complexity index is 205. The molecular formula is C15H32N2O. The minimum absolute atomic E-state index is 0.190. The SMILES string of the molecule is CCCCCCCCC(CCCN)C(=O)N(C)C. The Morgan fingerprint density at radius 2 is 1.56 bits per heavy atom. The molecule has 0 radical (unpaired) electrons. The van der Waals surface area contributed by atoms with E-state index in [1.807, 2.05) is 14.1 Å². The molecule has 3 heteroatoms. The van der Waals surface area contributed by atoms with Crippen LogP contribution < -0.4 is 5.73 Å². The van der Waals surface area contributed by atoms with Crippen LogP contribution in [0.25, 0.3) is 0 Å². The molecule has 0 aliphatic carbocycles. The number of nitrogens with two attached hydrogens (primary N) is 1. The summed E-state index contributed by atoms with van der Waals surface area (Å²) in [6.07, 6.45) is 10.7. The van der Waals surface area contributed by atoms with Crippen LogP contribution in [0.5, 0.6) is 0 Å². The standard InChI is InChI=1S/C15H32N2O/c1-4-5-6-7-8-9-11-14(12-10-13-16)15(18)17(2)3/h14H,4-13,16H2,1-3H3. The second kappa shape index (κ2) is 11.5. The highest BCUT2D eigenvalue weighted by Crippen LogP contribution is 2.18. The molecule has 1 atom stereocenters. The first kappa shape index (κ1) is 17.4. The van der Waals surface area contributed by atoms with E-state index in [9.17, 15) is 4.79 Å². The lowest BCUT2D eigenvalue weighted by atomic mass is 9.94. The number of amides is 1. The van der Waals surface area contributed by atoms with E-state index in [0.29, 0.717) is 6.54 Å². The fourth-order valence-electron chi connectivity index (χ4n) is 2.29. The highest BCUT2D eigenvalue weighted by molar-refractivity contribution is 5.78. The van der Waals surface area contributed by atoms with E-state index < -0.39 is 0 Å². The summed E-state index contributed by atoms with van der Waals surface area (Å²) in [5.41, 5.74) is 5.54. The van der Waals surface area contributed by atoms with Gasteiger partial charge in [-0.3, -0.25) is 4.79 Å². The Hall–Kier alpha value is -0.570. The van der Waals surface area contributed by atoms with Crippen LogP contribution in [0.4, 0.5) is 0 Å². The van der Waals surface area contributed by atoms with Gasteiger partial charge in [-0.05, 0) is 25.8 Å². The molecule has 0 aromatic carbocycles. The lowest BCUT2D eigenvalue weighted by Crippen LogP contribution is -2.30. The molecule has 0 spiro atoms. The molecule has 0 saturated heterocycles. The summed E-state index contributed by atoms with van der Waals surface area (Å²) in [5.74, 6) is 0.465. The van der Waals surface area contributed by atoms with Gasteiger partial charge in [0.2, 0.25) is 5.91 Å². The maximum absolute atomic E-state index is 12.0. The van der Waals surface area contributed by atoms with Crippen LogP contribution in [0.2, 0.25) is 0 Å². The third kappa shape index (κ3) is 8.51. The predicted octanol–water partition coefficient (Wildman–Crippen LogP) is 3.18. The molecule has 0 heterocycles. The molecule has 0 aliphatic rings. The summed E-state index contributed by atoms with van der Waals surface area (Å²) in [6, 6.07) is 0. The average molecular weight is 256 g/mol. The molecule has 0 aromatic rings. The summed E-state index contributed by atoms with van der Waals surface area (Å²) in [6.45, 7) is 2.92. The van der Waals surface area contributed by atoms with Gasteiger partial charge in [-0.15, -0.1) is 0 Å². The smallest absolute Gasteiger partial charge is 0.225 e. The lowest BCUT2D eigenvalue weighted by molar-refractivity contribution is -0.133. The maximum Gasteiger partial charge on any atom is 0.225 e. The summed E-state index contributed by atoms with van der Waals surface area (Å²) >= 11 is 0. The number of carbonyl (C=O) groups is 1. The van der Waals surface area contributed by atoms with Gasteiger partial charge in [0, 0.05) is 20.0 Å². The highest BCUT2D eigenvalue weighted by Gasteiger charge is 2.18. The van der Waals surface area contributed by atoms with E-state index in [1.165, 1.54) is 38.5 Å². The first-order valence-electron chi connectivity index (χ1n) is 7.54. The summed E-state index contributed by atoms with van der Waals surface area (Å²) < 4.78 is 0. The quantitative estimate of drug-likeness (QED) is 0.577. The van der Waals surface area contributed by atoms with Gasteiger partial charge < -0.3 is 10.6 Å². The van der Waals surface area contributed by atoms with Gasteiger partial charge in [-0.25, -0.2) is 0 Å². The van der Waals surface area contributed by atoms with Gasteiger partial charge in [-0.1, -0.05) is 45.4 Å². The van der Waals surface area contributed by atoms with Gasteiger partial charge in [-0.2, -0.15) is 0 Å². The zero-order chi connectivity index (χ0) is 13.8. The Balaban J connectivity index is 3.83. The van der Waals surface area contributed by atoms with E-state index in [1.54, 1.807) is 4.90 Å². The van der Waals surface area contributed by atoms with Crippen molar-refractivity contribution < 1.29 is 4.79 Å². The first-order valence-corrected chi connectivity index (χ1v) is 7.54. The van der Waals surface area contributed by atoms with Crippen LogP contribution in [0.15, 0.2) is 0 Å². The van der Waals surface area contributed by atoms with Gasteiger partial charge >= 0.3 is 0 Å². The Labute approximate surface area is 113 Å². The average Bonchev–Trinajstić information content (AvgIpc) is 2.36. The topological polar surface area (TPSA) is 46.3 Å². The molecule has 108 valence electrons. The van der Waals surface area contributed by atoms with E-state index in [2.05, 4.69) is 6.92 Å². The Kier molecular flexibility index (Phi) is 11.2. The number of carbonyl (C=O) groups excluding carboxylic acids is 1. The van der Waals surface area contributed by atoms with Crippen molar-refractivity contribution in [1.82, 2.24) is 4.90 Å². The van der Waals surface area contributed by atoms with Crippen molar-refractivity contribution >= 4 is 5.91 Å². The monoisotopic (exact) mass is 256 g/mol. The van der Waals surface area contributed by atoms with Gasteiger partial charge in [0.1, 0.15) is 0 Å². The predicted molar refractivity (Wildman–Crippen MR) is 78.5 cm³/mol. The Morgan fingerprint density at radius 1 is 1.00 bits per heavy atom. The third-order valence-electron chi connectivity index (χ3n) is 3.45. The van der Waals surface area contributed by atoms with Crippen molar-refractivity contribution in [1.29, 1.82) is 0 Å². The largest absolute Gasteiger partial charge is 0.349 e. The van der Waals surface area contributed by atoms with E-state index >= 15 is 0 Å². The van der Waals surface area contributed by atoms with Crippen LogP contribution in [0.1, 0.15) is 64.7 Å². The molecule has 0 fully saturated rings. The van der Waals surface area contributed by atoms with Crippen molar-refractivity contribution in [2.75, 3.05) is 20.6 Å². The van der Waals surface area contributed by atoms with Crippen molar-refractivity contribution in [3.63, 3.8) is 0 Å². The Morgan fingerprint density at radius 3 is 2.11 bits per heavy atom. The molecule has 0 bridgehead atoms.